The third-order valence-electron chi connectivity index (χ3n) is 3.56. The van der Waals surface area contributed by atoms with Crippen LogP contribution in [-0.2, 0) is 0 Å². The molecular formula is C10H19N. The fraction of sp³-hybridized carbons (Fsp3) is 1.00. The van der Waals surface area contributed by atoms with Gasteiger partial charge in [-0.2, -0.15) is 0 Å². The van der Waals surface area contributed by atoms with Crippen LogP contribution < -0.4 is 0 Å². The van der Waals surface area contributed by atoms with Crippen molar-refractivity contribution in [1.29, 1.82) is 0 Å². The minimum absolute atomic E-state index is 0.934. The summed E-state index contributed by atoms with van der Waals surface area (Å²) < 4.78 is 0. The molecule has 0 N–H and O–H groups in total. The second kappa shape index (κ2) is 2.78. The highest BCUT2D eigenvalue weighted by atomic mass is 15.2. The number of piperidine rings is 1. The highest BCUT2D eigenvalue weighted by molar-refractivity contribution is 4.90. The summed E-state index contributed by atoms with van der Waals surface area (Å²) in [7, 11) is 0. The van der Waals surface area contributed by atoms with Crippen molar-refractivity contribution in [2.75, 3.05) is 13.1 Å². The van der Waals surface area contributed by atoms with Gasteiger partial charge >= 0.3 is 0 Å². The van der Waals surface area contributed by atoms with E-state index in [1.54, 1.807) is 0 Å². The number of nitrogens with zero attached hydrogens (tertiary/aromatic N) is 1. The number of rotatable bonds is 0. The van der Waals surface area contributed by atoms with Crippen LogP contribution in [0.3, 0.4) is 0 Å². The highest BCUT2D eigenvalue weighted by Crippen LogP contribution is 2.34. The molecule has 0 aromatic carbocycles. The molecule has 0 radical (unpaired) electrons. The second-order valence-corrected chi connectivity index (χ2v) is 4.41. The molecule has 3 atom stereocenters. The molecule has 64 valence electrons. The van der Waals surface area contributed by atoms with E-state index in [-0.39, 0.29) is 0 Å². The van der Waals surface area contributed by atoms with Crippen molar-refractivity contribution in [3.8, 4) is 0 Å². The van der Waals surface area contributed by atoms with E-state index in [4.69, 9.17) is 0 Å². The molecule has 2 fully saturated rings. The predicted molar refractivity (Wildman–Crippen MR) is 47.5 cm³/mol. The number of fused-ring (bicyclic) bond motifs is 1. The molecule has 2 aliphatic heterocycles. The maximum Gasteiger partial charge on any atom is 0.0147 e. The second-order valence-electron chi connectivity index (χ2n) is 4.41. The summed E-state index contributed by atoms with van der Waals surface area (Å²) in [4.78, 5) is 2.71. The van der Waals surface area contributed by atoms with E-state index in [0.717, 1.165) is 17.9 Å². The molecule has 0 saturated carbocycles. The molecule has 2 aliphatic rings. The van der Waals surface area contributed by atoms with Crippen LogP contribution in [0.25, 0.3) is 0 Å². The Kier molecular flexibility index (Phi) is 1.92. The first-order valence-corrected chi connectivity index (χ1v) is 5.03. The zero-order valence-electron chi connectivity index (χ0n) is 7.71. The van der Waals surface area contributed by atoms with Crippen molar-refractivity contribution in [3.63, 3.8) is 0 Å². The van der Waals surface area contributed by atoms with Crippen LogP contribution in [0.1, 0.15) is 33.1 Å². The molecule has 2 saturated heterocycles. The molecule has 0 spiro atoms. The lowest BCUT2D eigenvalue weighted by Crippen LogP contribution is -2.41. The molecule has 0 amide bonds. The van der Waals surface area contributed by atoms with Crippen molar-refractivity contribution in [1.82, 2.24) is 4.90 Å². The standard InChI is InChI=1S/C10H19N/c1-8-4-3-6-11-7-5-9(2)10(8)11/h8-10H,3-7H2,1-2H3. The van der Waals surface area contributed by atoms with E-state index in [0.29, 0.717) is 0 Å². The van der Waals surface area contributed by atoms with Crippen LogP contribution in [0.15, 0.2) is 0 Å². The van der Waals surface area contributed by atoms with Gasteiger partial charge in [-0.3, -0.25) is 4.90 Å². The SMILES string of the molecule is CC1CCCN2CCC(C)C12. The molecule has 1 heteroatoms. The van der Waals surface area contributed by atoms with Crippen LogP contribution in [0.4, 0.5) is 0 Å². The lowest BCUT2D eigenvalue weighted by atomic mass is 9.86. The van der Waals surface area contributed by atoms with Gasteiger partial charge in [-0.25, -0.2) is 0 Å². The largest absolute Gasteiger partial charge is 0.300 e. The Labute approximate surface area is 69.8 Å². The zero-order chi connectivity index (χ0) is 7.84. The summed E-state index contributed by atoms with van der Waals surface area (Å²) in [5, 5.41) is 0. The average molecular weight is 153 g/mol. The van der Waals surface area contributed by atoms with Gasteiger partial charge in [0.1, 0.15) is 0 Å². The first kappa shape index (κ1) is 7.60. The minimum atomic E-state index is 0.934. The lowest BCUT2D eigenvalue weighted by Gasteiger charge is -2.36. The van der Waals surface area contributed by atoms with Crippen molar-refractivity contribution < 1.29 is 0 Å². The number of hydrogen-bond donors (Lipinski definition) is 0. The molecule has 11 heavy (non-hydrogen) atoms. The first-order chi connectivity index (χ1) is 5.29. The summed E-state index contributed by atoms with van der Waals surface area (Å²) in [6, 6.07) is 0.934. The van der Waals surface area contributed by atoms with Gasteiger partial charge in [0.2, 0.25) is 0 Å². The third-order valence-corrected chi connectivity index (χ3v) is 3.56. The van der Waals surface area contributed by atoms with Crippen LogP contribution in [0.5, 0.6) is 0 Å². The van der Waals surface area contributed by atoms with Crippen molar-refractivity contribution >= 4 is 0 Å². The predicted octanol–water partition coefficient (Wildman–Crippen LogP) is 2.13. The van der Waals surface area contributed by atoms with E-state index in [1.807, 2.05) is 0 Å². The quantitative estimate of drug-likeness (QED) is 0.515. The van der Waals surface area contributed by atoms with Crippen molar-refractivity contribution in [2.24, 2.45) is 11.8 Å². The highest BCUT2D eigenvalue weighted by Gasteiger charge is 2.36. The van der Waals surface area contributed by atoms with Gasteiger partial charge in [0.25, 0.3) is 0 Å². The van der Waals surface area contributed by atoms with Crippen LogP contribution in [0, 0.1) is 11.8 Å². The molecule has 0 aliphatic carbocycles. The summed E-state index contributed by atoms with van der Waals surface area (Å²) in [6.07, 6.45) is 4.34. The number of hydrogen-bond acceptors (Lipinski definition) is 1. The normalized spacial score (nSPS) is 45.8. The molecule has 2 heterocycles. The monoisotopic (exact) mass is 153 g/mol. The van der Waals surface area contributed by atoms with Crippen LogP contribution in [-0.4, -0.2) is 24.0 Å². The van der Waals surface area contributed by atoms with Gasteiger partial charge in [-0.1, -0.05) is 13.8 Å². The lowest BCUT2D eigenvalue weighted by molar-refractivity contribution is 0.123. The molecule has 0 bridgehead atoms. The Morgan fingerprint density at radius 2 is 1.73 bits per heavy atom. The molecule has 0 aromatic heterocycles. The smallest absolute Gasteiger partial charge is 0.0147 e. The Bertz CT molecular complexity index is 142. The molecule has 3 unspecified atom stereocenters. The fourth-order valence-electron chi connectivity index (χ4n) is 3.02. The van der Waals surface area contributed by atoms with E-state index >= 15 is 0 Å². The van der Waals surface area contributed by atoms with Crippen LogP contribution in [0.2, 0.25) is 0 Å². The third kappa shape index (κ3) is 1.20. The topological polar surface area (TPSA) is 3.24 Å². The Balaban J connectivity index is 2.08. The van der Waals surface area contributed by atoms with Gasteiger partial charge in [0, 0.05) is 6.04 Å². The zero-order valence-corrected chi connectivity index (χ0v) is 7.71. The maximum absolute atomic E-state index is 2.71. The van der Waals surface area contributed by atoms with E-state index < -0.39 is 0 Å². The van der Waals surface area contributed by atoms with Gasteiger partial charge in [0.05, 0.1) is 0 Å². The fourth-order valence-corrected chi connectivity index (χ4v) is 3.02. The summed E-state index contributed by atoms with van der Waals surface area (Å²) in [6.45, 7) is 7.60. The Hall–Kier alpha value is -0.0400. The van der Waals surface area contributed by atoms with Gasteiger partial charge in [-0.15, -0.1) is 0 Å². The summed E-state index contributed by atoms with van der Waals surface area (Å²) in [5.74, 6) is 1.92. The van der Waals surface area contributed by atoms with Gasteiger partial charge < -0.3 is 0 Å². The van der Waals surface area contributed by atoms with Gasteiger partial charge in [0.15, 0.2) is 0 Å². The van der Waals surface area contributed by atoms with Crippen molar-refractivity contribution in [2.45, 2.75) is 39.2 Å². The summed E-state index contributed by atoms with van der Waals surface area (Å²) >= 11 is 0. The van der Waals surface area contributed by atoms with E-state index in [2.05, 4.69) is 18.7 Å². The summed E-state index contributed by atoms with van der Waals surface area (Å²) in [5.41, 5.74) is 0. The maximum atomic E-state index is 2.71. The molecule has 2 rings (SSSR count). The Morgan fingerprint density at radius 1 is 1.00 bits per heavy atom. The van der Waals surface area contributed by atoms with Crippen LogP contribution >= 0.6 is 0 Å². The van der Waals surface area contributed by atoms with E-state index in [9.17, 15) is 0 Å². The molecular weight excluding hydrogens is 134 g/mol. The van der Waals surface area contributed by atoms with Gasteiger partial charge in [-0.05, 0) is 44.2 Å². The Morgan fingerprint density at radius 3 is 2.45 bits per heavy atom. The first-order valence-electron chi connectivity index (χ1n) is 5.03. The van der Waals surface area contributed by atoms with E-state index in [1.165, 1.54) is 32.4 Å². The minimum Gasteiger partial charge on any atom is -0.300 e. The van der Waals surface area contributed by atoms with Crippen molar-refractivity contribution in [3.05, 3.63) is 0 Å². The molecule has 0 aromatic rings. The molecule has 1 nitrogen and oxygen atoms in total. The average Bonchev–Trinajstić information content (AvgIpc) is 2.34.